The van der Waals surface area contributed by atoms with Crippen LogP contribution in [0.3, 0.4) is 0 Å². The molecule has 1 unspecified atom stereocenters. The van der Waals surface area contributed by atoms with Crippen molar-refractivity contribution < 1.29 is 18.0 Å². The molecule has 2 aliphatic rings. The summed E-state index contributed by atoms with van der Waals surface area (Å²) in [6.45, 7) is 2.75. The summed E-state index contributed by atoms with van der Waals surface area (Å²) in [6, 6.07) is 12.6. The van der Waals surface area contributed by atoms with Gasteiger partial charge in [0.25, 0.3) is 0 Å². The Morgan fingerprint density at radius 3 is 2.34 bits per heavy atom. The van der Waals surface area contributed by atoms with E-state index in [2.05, 4.69) is 10.3 Å². The molecule has 6 nitrogen and oxygen atoms in total. The van der Waals surface area contributed by atoms with Crippen LogP contribution in [0.25, 0.3) is 0 Å². The number of halogens is 3. The minimum Gasteiger partial charge on any atom is -0.385 e. The number of carbonyl (C=O) groups is 1. The third-order valence-electron chi connectivity index (χ3n) is 6.99. The number of nitrogens with zero attached hydrogens (tertiary/aromatic N) is 2. The standard InChI is InChI=1S/C26H25F3N4O2/c27-19-2-4-22(5-3-19)30-12-18-13-32(25(35)7-17-1-6-24(34)31-11-17)14-26(18)15-33(16-26)23-9-20(28)8-21(29)10-23/h1-6,8-11,18,30H,7,12-16H2,(H,31,34). The van der Waals surface area contributed by atoms with Gasteiger partial charge in [0.1, 0.15) is 17.5 Å². The average molecular weight is 483 g/mol. The number of benzene rings is 2. The van der Waals surface area contributed by atoms with Crippen molar-refractivity contribution in [3.63, 3.8) is 0 Å². The molecule has 2 aromatic carbocycles. The zero-order chi connectivity index (χ0) is 24.6. The van der Waals surface area contributed by atoms with E-state index >= 15 is 0 Å². The Labute approximate surface area is 200 Å². The van der Waals surface area contributed by atoms with Crippen molar-refractivity contribution in [2.45, 2.75) is 6.42 Å². The molecule has 2 N–H and O–H groups in total. The minimum atomic E-state index is -0.625. The first-order valence-corrected chi connectivity index (χ1v) is 11.5. The summed E-state index contributed by atoms with van der Waals surface area (Å²) in [6.07, 6.45) is 1.72. The number of nitrogens with one attached hydrogen (secondary N) is 2. The number of amides is 1. The van der Waals surface area contributed by atoms with Gasteiger partial charge in [-0.15, -0.1) is 0 Å². The Hall–Kier alpha value is -3.75. The molecule has 2 saturated heterocycles. The molecule has 2 fully saturated rings. The molecule has 2 aliphatic heterocycles. The van der Waals surface area contributed by atoms with Gasteiger partial charge in [-0.3, -0.25) is 9.59 Å². The molecule has 1 aromatic heterocycles. The first-order chi connectivity index (χ1) is 16.8. The number of rotatable bonds is 6. The van der Waals surface area contributed by atoms with Crippen LogP contribution >= 0.6 is 0 Å². The van der Waals surface area contributed by atoms with Gasteiger partial charge in [-0.1, -0.05) is 6.07 Å². The fourth-order valence-electron chi connectivity index (χ4n) is 5.13. The number of aromatic nitrogens is 1. The van der Waals surface area contributed by atoms with Crippen molar-refractivity contribution in [1.29, 1.82) is 0 Å². The quantitative estimate of drug-likeness (QED) is 0.565. The lowest BCUT2D eigenvalue weighted by atomic mass is 9.71. The maximum absolute atomic E-state index is 13.8. The molecule has 1 atom stereocenters. The van der Waals surface area contributed by atoms with Gasteiger partial charge in [-0.05, 0) is 42.0 Å². The van der Waals surface area contributed by atoms with Gasteiger partial charge in [0.05, 0.1) is 6.42 Å². The number of hydrogen-bond donors (Lipinski definition) is 2. The van der Waals surface area contributed by atoms with E-state index in [4.69, 9.17) is 0 Å². The molecular weight excluding hydrogens is 457 g/mol. The Morgan fingerprint density at radius 2 is 1.69 bits per heavy atom. The van der Waals surface area contributed by atoms with E-state index in [1.54, 1.807) is 24.4 Å². The van der Waals surface area contributed by atoms with Gasteiger partial charge in [0.2, 0.25) is 11.5 Å². The number of anilines is 2. The van der Waals surface area contributed by atoms with Crippen molar-refractivity contribution in [3.05, 3.63) is 94.2 Å². The molecule has 182 valence electrons. The third kappa shape index (κ3) is 4.89. The summed E-state index contributed by atoms with van der Waals surface area (Å²) in [5, 5.41) is 3.34. The van der Waals surface area contributed by atoms with Crippen LogP contribution in [-0.4, -0.2) is 48.5 Å². The largest absolute Gasteiger partial charge is 0.385 e. The number of H-pyrrole nitrogens is 1. The van der Waals surface area contributed by atoms with Crippen molar-refractivity contribution in [2.75, 3.05) is 42.9 Å². The lowest BCUT2D eigenvalue weighted by Gasteiger charge is -2.52. The van der Waals surface area contributed by atoms with E-state index < -0.39 is 11.6 Å². The number of aromatic amines is 1. The Bertz CT molecular complexity index is 1250. The van der Waals surface area contributed by atoms with Crippen LogP contribution in [0.2, 0.25) is 0 Å². The molecule has 5 rings (SSSR count). The Kier molecular flexibility index (Phi) is 6.00. The smallest absolute Gasteiger partial charge is 0.247 e. The highest BCUT2D eigenvalue weighted by atomic mass is 19.1. The Balaban J connectivity index is 1.31. The molecule has 0 saturated carbocycles. The van der Waals surface area contributed by atoms with Gasteiger partial charge in [-0.25, -0.2) is 13.2 Å². The van der Waals surface area contributed by atoms with Gasteiger partial charge < -0.3 is 20.1 Å². The average Bonchev–Trinajstić information content (AvgIpc) is 3.19. The SMILES string of the molecule is O=C(Cc1ccc(=O)[nH]c1)N1CC(CNc2ccc(F)cc2)C2(C1)CN(c1cc(F)cc(F)c1)C2. The highest BCUT2D eigenvalue weighted by Crippen LogP contribution is 2.46. The number of pyridine rings is 1. The lowest BCUT2D eigenvalue weighted by Crippen LogP contribution is -2.61. The molecule has 35 heavy (non-hydrogen) atoms. The highest BCUT2D eigenvalue weighted by Gasteiger charge is 2.55. The van der Waals surface area contributed by atoms with Crippen LogP contribution in [0.4, 0.5) is 24.5 Å². The topological polar surface area (TPSA) is 68.4 Å². The minimum absolute atomic E-state index is 0.0454. The van der Waals surface area contributed by atoms with Crippen LogP contribution in [0.5, 0.6) is 0 Å². The summed E-state index contributed by atoms with van der Waals surface area (Å²) in [5.74, 6) is -1.53. The highest BCUT2D eigenvalue weighted by molar-refractivity contribution is 5.79. The summed E-state index contributed by atoms with van der Waals surface area (Å²) in [5.41, 5.74) is 1.52. The zero-order valence-electron chi connectivity index (χ0n) is 18.9. The van der Waals surface area contributed by atoms with Crippen molar-refractivity contribution >= 4 is 17.3 Å². The van der Waals surface area contributed by atoms with E-state index in [0.717, 1.165) is 17.3 Å². The molecule has 0 radical (unpaired) electrons. The summed E-state index contributed by atoms with van der Waals surface area (Å²) in [7, 11) is 0. The van der Waals surface area contributed by atoms with E-state index in [-0.39, 0.29) is 35.0 Å². The number of carbonyl (C=O) groups excluding carboxylic acids is 1. The first-order valence-electron chi connectivity index (χ1n) is 11.5. The normalized spacial score (nSPS) is 18.5. The molecule has 3 aromatic rings. The predicted octanol–water partition coefficient (Wildman–Crippen LogP) is 3.41. The molecule has 0 aliphatic carbocycles. The van der Waals surface area contributed by atoms with Crippen LogP contribution < -0.4 is 15.8 Å². The number of hydrogen-bond acceptors (Lipinski definition) is 4. The van der Waals surface area contributed by atoms with Crippen molar-refractivity contribution in [2.24, 2.45) is 11.3 Å². The maximum atomic E-state index is 13.8. The monoisotopic (exact) mass is 482 g/mol. The second kappa shape index (κ2) is 9.13. The second-order valence-electron chi connectivity index (χ2n) is 9.44. The first kappa shape index (κ1) is 23.0. The predicted molar refractivity (Wildman–Crippen MR) is 127 cm³/mol. The lowest BCUT2D eigenvalue weighted by molar-refractivity contribution is -0.130. The van der Waals surface area contributed by atoms with Crippen molar-refractivity contribution in [3.8, 4) is 0 Å². The molecule has 9 heteroatoms. The second-order valence-corrected chi connectivity index (χ2v) is 9.44. The molecule has 1 amide bonds. The molecule has 1 spiro atoms. The van der Waals surface area contributed by atoms with Gasteiger partial charge >= 0.3 is 0 Å². The maximum Gasteiger partial charge on any atom is 0.247 e. The molecular formula is C26H25F3N4O2. The van der Waals surface area contributed by atoms with Gasteiger partial charge in [-0.2, -0.15) is 0 Å². The van der Waals surface area contributed by atoms with Gasteiger partial charge in [0, 0.05) is 73.8 Å². The Morgan fingerprint density at radius 1 is 0.971 bits per heavy atom. The fourth-order valence-corrected chi connectivity index (χ4v) is 5.13. The summed E-state index contributed by atoms with van der Waals surface area (Å²) >= 11 is 0. The summed E-state index contributed by atoms with van der Waals surface area (Å²) < 4.78 is 40.8. The van der Waals surface area contributed by atoms with Crippen molar-refractivity contribution in [1.82, 2.24) is 9.88 Å². The van der Waals surface area contributed by atoms with E-state index in [1.807, 2.05) is 9.80 Å². The van der Waals surface area contributed by atoms with Crippen LogP contribution in [0.15, 0.2) is 65.6 Å². The fraction of sp³-hybridized carbons (Fsp3) is 0.308. The van der Waals surface area contributed by atoms with E-state index in [0.29, 0.717) is 38.4 Å². The van der Waals surface area contributed by atoms with Crippen LogP contribution in [-0.2, 0) is 11.2 Å². The molecule has 3 heterocycles. The van der Waals surface area contributed by atoms with Crippen LogP contribution in [0.1, 0.15) is 5.56 Å². The van der Waals surface area contributed by atoms with E-state index in [1.165, 1.54) is 30.3 Å². The van der Waals surface area contributed by atoms with Crippen LogP contribution in [0, 0.1) is 28.8 Å². The zero-order valence-corrected chi connectivity index (χ0v) is 18.9. The molecule has 0 bridgehead atoms. The van der Waals surface area contributed by atoms with E-state index in [9.17, 15) is 22.8 Å². The third-order valence-corrected chi connectivity index (χ3v) is 6.99. The number of likely N-dealkylation sites (tertiary alicyclic amines) is 1. The van der Waals surface area contributed by atoms with Gasteiger partial charge in [0.15, 0.2) is 0 Å². The summed E-state index contributed by atoms with van der Waals surface area (Å²) in [4.78, 5) is 30.7.